The zero-order chi connectivity index (χ0) is 17.9. The van der Waals surface area contributed by atoms with Gasteiger partial charge < -0.3 is 5.11 Å². The maximum atomic E-state index is 13.8. The molecule has 1 aliphatic rings. The van der Waals surface area contributed by atoms with E-state index in [2.05, 4.69) is 16.0 Å². The first-order valence-corrected chi connectivity index (χ1v) is 8.68. The van der Waals surface area contributed by atoms with Crippen molar-refractivity contribution in [2.75, 3.05) is 6.61 Å². The monoisotopic (exact) mass is 362 g/mol. The first-order valence-electron chi connectivity index (χ1n) is 8.68. The summed E-state index contributed by atoms with van der Waals surface area (Å²) in [5.41, 5.74) is 5.50. The van der Waals surface area contributed by atoms with Gasteiger partial charge in [-0.1, -0.05) is 49.9 Å². The molecule has 1 aliphatic heterocycles. The molecule has 0 radical (unpaired) electrons. The lowest BCUT2D eigenvalue weighted by atomic mass is 9.92. The average molecular weight is 362 g/mol. The smallest absolute Gasteiger partial charge is 0.216 e. The molecule has 3 aromatic rings. The number of nitrogens with zero attached hydrogens (tertiary/aromatic N) is 2. The van der Waals surface area contributed by atoms with Gasteiger partial charge in [-0.25, -0.2) is 0 Å². The summed E-state index contributed by atoms with van der Waals surface area (Å²) in [6.07, 6.45) is 4.30. The van der Waals surface area contributed by atoms with Gasteiger partial charge in [-0.15, -0.1) is 0 Å². The highest BCUT2D eigenvalue weighted by Gasteiger charge is 2.17. The third-order valence-electron chi connectivity index (χ3n) is 4.82. The largest absolute Gasteiger partial charge is 0.396 e. The molecular weight excluding hydrogens is 339 g/mol. The predicted molar refractivity (Wildman–Crippen MR) is 108 cm³/mol. The van der Waals surface area contributed by atoms with Gasteiger partial charge in [0, 0.05) is 29.4 Å². The molecule has 138 valence electrons. The van der Waals surface area contributed by atoms with E-state index in [0.717, 1.165) is 27.8 Å². The second kappa shape index (κ2) is 8.23. The number of aliphatic hydroxyl groups is 1. The predicted octanol–water partition coefficient (Wildman–Crippen LogP) is 4.93. The summed E-state index contributed by atoms with van der Waals surface area (Å²) < 4.78 is 13.8. The molecule has 0 unspecified atom stereocenters. The minimum atomic E-state index is -0.393. The van der Waals surface area contributed by atoms with Crippen molar-refractivity contribution in [3.05, 3.63) is 89.2 Å². The van der Waals surface area contributed by atoms with Gasteiger partial charge in [-0.3, -0.25) is 9.98 Å². The van der Waals surface area contributed by atoms with E-state index in [1.165, 1.54) is 0 Å². The molecule has 1 atom stereocenters. The Morgan fingerprint density at radius 1 is 1.00 bits per heavy atom. The van der Waals surface area contributed by atoms with Crippen LogP contribution in [0.3, 0.4) is 0 Å². The topological polar surface area (TPSA) is 45.5 Å². The van der Waals surface area contributed by atoms with E-state index >= 15 is 0 Å². The first-order chi connectivity index (χ1) is 12.7. The zero-order valence-electron chi connectivity index (χ0n) is 14.3. The van der Waals surface area contributed by atoms with Crippen LogP contribution in [0.1, 0.15) is 35.6 Å². The molecule has 2 aromatic carbocycles. The lowest BCUT2D eigenvalue weighted by Crippen LogP contribution is -2.08. The number of aliphatic imine (C=N–C) groups is 1. The molecule has 0 saturated carbocycles. The van der Waals surface area contributed by atoms with Crippen LogP contribution in [0.2, 0.25) is 0 Å². The van der Waals surface area contributed by atoms with Gasteiger partial charge >= 0.3 is 0 Å². The molecule has 2 heterocycles. The number of aromatic nitrogens is 1. The summed E-state index contributed by atoms with van der Waals surface area (Å²) in [5.74, 6) is -0.367. The van der Waals surface area contributed by atoms with Gasteiger partial charge in [0.2, 0.25) is 5.97 Å². The van der Waals surface area contributed by atoms with Crippen molar-refractivity contribution < 1.29 is 9.50 Å². The highest BCUT2D eigenvalue weighted by atomic mass is 19.1. The molecule has 4 heteroatoms. The van der Waals surface area contributed by atoms with E-state index in [4.69, 9.17) is 0 Å². The normalized spacial score (nSPS) is 13.5. The van der Waals surface area contributed by atoms with Crippen LogP contribution in [0.5, 0.6) is 0 Å². The van der Waals surface area contributed by atoms with Crippen LogP contribution < -0.4 is 0 Å². The highest BCUT2D eigenvalue weighted by molar-refractivity contribution is 5.98. The number of benzene rings is 2. The molecule has 0 spiro atoms. The Morgan fingerprint density at radius 2 is 1.81 bits per heavy atom. The van der Waals surface area contributed by atoms with E-state index in [1.807, 2.05) is 54.7 Å². The van der Waals surface area contributed by atoms with E-state index in [-0.39, 0.29) is 20.0 Å². The lowest BCUT2D eigenvalue weighted by Gasteiger charge is -2.15. The second-order valence-corrected chi connectivity index (χ2v) is 6.56. The fraction of sp³-hybridized carbons (Fsp3) is 0.217. The van der Waals surface area contributed by atoms with Gasteiger partial charge in [0.25, 0.3) is 0 Å². The molecule has 0 aliphatic carbocycles. The van der Waals surface area contributed by atoms with Crippen molar-refractivity contribution >= 4 is 5.97 Å². The number of hydrogen-bond donors (Lipinski definition) is 1. The maximum Gasteiger partial charge on any atom is 0.216 e. The quantitative estimate of drug-likeness (QED) is 0.699. The number of hydrogen-bond acceptors (Lipinski definition) is 3. The lowest BCUT2D eigenvalue weighted by molar-refractivity contribution is 0.264. The first kappa shape index (κ1) is 18.9. The van der Waals surface area contributed by atoms with Crippen LogP contribution in [0, 0.1) is 0 Å². The molecule has 4 rings (SSSR count). The molecule has 0 saturated heterocycles. The summed E-state index contributed by atoms with van der Waals surface area (Å²) in [7, 11) is 0. The van der Waals surface area contributed by atoms with Crippen molar-refractivity contribution in [1.29, 1.82) is 0 Å². The number of pyridine rings is 1. The van der Waals surface area contributed by atoms with Gasteiger partial charge in [0.15, 0.2) is 0 Å². The minimum absolute atomic E-state index is 0. The van der Waals surface area contributed by atoms with Crippen molar-refractivity contribution in [3.8, 4) is 11.1 Å². The van der Waals surface area contributed by atoms with Crippen molar-refractivity contribution in [2.45, 2.75) is 26.3 Å². The van der Waals surface area contributed by atoms with E-state index < -0.39 is 5.97 Å². The second-order valence-electron chi connectivity index (χ2n) is 6.56. The molecule has 0 amide bonds. The molecule has 27 heavy (non-hydrogen) atoms. The van der Waals surface area contributed by atoms with Gasteiger partial charge in [-0.2, -0.15) is 4.39 Å². The summed E-state index contributed by atoms with van der Waals surface area (Å²) in [6.45, 7) is 0.490. The third-order valence-corrected chi connectivity index (χ3v) is 4.82. The summed E-state index contributed by atoms with van der Waals surface area (Å²) >= 11 is 0. The Bertz CT molecular complexity index is 954. The Hall–Kier alpha value is -2.85. The Labute approximate surface area is 159 Å². The number of halogens is 1. The summed E-state index contributed by atoms with van der Waals surface area (Å²) in [6, 6.07) is 17.8. The van der Waals surface area contributed by atoms with Gasteiger partial charge in [-0.05, 0) is 40.8 Å². The van der Waals surface area contributed by atoms with Crippen molar-refractivity contribution in [1.82, 2.24) is 4.98 Å². The van der Waals surface area contributed by atoms with E-state index in [0.29, 0.717) is 18.5 Å². The van der Waals surface area contributed by atoms with E-state index in [9.17, 15) is 9.50 Å². The average Bonchev–Trinajstić information content (AvgIpc) is 3.07. The summed E-state index contributed by atoms with van der Waals surface area (Å²) in [5, 5.41) is 9.79. The SMILES string of the molecule is C.OC[C@H](Cc1cncc(-c2ccc3c(c2)C(F)=NC3)c1)c1ccccc1. The van der Waals surface area contributed by atoms with Crippen LogP contribution in [-0.2, 0) is 13.0 Å². The molecule has 0 fully saturated rings. The number of rotatable bonds is 5. The summed E-state index contributed by atoms with van der Waals surface area (Å²) in [4.78, 5) is 8.20. The Kier molecular flexibility index (Phi) is 5.77. The fourth-order valence-corrected chi connectivity index (χ4v) is 3.38. The zero-order valence-corrected chi connectivity index (χ0v) is 14.3. The highest BCUT2D eigenvalue weighted by Crippen LogP contribution is 2.28. The number of fused-ring (bicyclic) bond motifs is 1. The van der Waals surface area contributed by atoms with Crippen LogP contribution in [0.4, 0.5) is 4.39 Å². The molecular formula is C23H23FN2O. The maximum absolute atomic E-state index is 13.8. The van der Waals surface area contributed by atoms with Crippen molar-refractivity contribution in [2.24, 2.45) is 4.99 Å². The van der Waals surface area contributed by atoms with E-state index in [1.54, 1.807) is 6.20 Å². The molecule has 1 N–H and O–H groups in total. The van der Waals surface area contributed by atoms with Crippen LogP contribution in [-0.4, -0.2) is 22.7 Å². The van der Waals surface area contributed by atoms with Gasteiger partial charge in [0.05, 0.1) is 13.2 Å². The minimum Gasteiger partial charge on any atom is -0.396 e. The number of aliphatic hydroxyl groups excluding tert-OH is 1. The fourth-order valence-electron chi connectivity index (χ4n) is 3.38. The van der Waals surface area contributed by atoms with Gasteiger partial charge in [0.1, 0.15) is 0 Å². The van der Waals surface area contributed by atoms with Crippen LogP contribution in [0.15, 0.2) is 72.0 Å². The molecule has 1 aromatic heterocycles. The Morgan fingerprint density at radius 3 is 2.59 bits per heavy atom. The molecule has 0 bridgehead atoms. The van der Waals surface area contributed by atoms with Crippen molar-refractivity contribution in [3.63, 3.8) is 0 Å². The standard InChI is InChI=1S/C22H19FN2O.CH4/c23-22-21-10-17(6-7-18(21)13-25-22)19-8-15(11-24-12-19)9-20(14-26)16-4-2-1-3-5-16;/h1-8,10-12,20,26H,9,13-14H2;1H4/t20-;/m0./s1. The Balaban J connectivity index is 0.00000210. The molecule has 3 nitrogen and oxygen atoms in total. The van der Waals surface area contributed by atoms with Crippen LogP contribution >= 0.6 is 0 Å². The van der Waals surface area contributed by atoms with Crippen LogP contribution in [0.25, 0.3) is 11.1 Å². The third kappa shape index (κ3) is 3.96.